The van der Waals surface area contributed by atoms with E-state index < -0.39 is 26.1 Å². The molecule has 1 aromatic rings. The lowest BCUT2D eigenvalue weighted by Gasteiger charge is -2.37. The number of likely N-dealkylation sites (N-methyl/N-ethyl adjacent to an activating group) is 1. The number of sulfonamides is 2. The molecule has 0 fully saturated rings. The molecule has 12 heteroatoms. The van der Waals surface area contributed by atoms with Crippen LogP contribution in [0.4, 0.5) is 0 Å². The average Bonchev–Trinajstić information content (AvgIpc) is 2.95. The van der Waals surface area contributed by atoms with E-state index in [1.54, 1.807) is 6.92 Å². The zero-order valence-corrected chi connectivity index (χ0v) is 15.8. The molecule has 1 aliphatic rings. The van der Waals surface area contributed by atoms with Gasteiger partial charge < -0.3 is 15.0 Å². The smallest absolute Gasteiger partial charge is 0.253 e. The van der Waals surface area contributed by atoms with Crippen molar-refractivity contribution in [1.29, 1.82) is 0 Å². The molecule has 1 unspecified atom stereocenters. The van der Waals surface area contributed by atoms with Gasteiger partial charge in [-0.25, -0.2) is 22.0 Å². The Bertz CT molecular complexity index is 789. The molecule has 2 rings (SSSR count). The number of fused-ring (bicyclic) bond motifs is 1. The molecule has 2 heterocycles. The van der Waals surface area contributed by atoms with Crippen molar-refractivity contribution >= 4 is 31.4 Å². The molecule has 0 radical (unpaired) electrons. The van der Waals surface area contributed by atoms with Crippen molar-refractivity contribution in [3.8, 4) is 0 Å². The summed E-state index contributed by atoms with van der Waals surface area (Å²) in [5.74, 6) is 0. The first-order valence-corrected chi connectivity index (χ1v) is 11.1. The number of thiophene rings is 1. The Balaban J connectivity index is 2.50. The quantitative estimate of drug-likeness (QED) is 0.441. The summed E-state index contributed by atoms with van der Waals surface area (Å²) >= 11 is 0.598. The van der Waals surface area contributed by atoms with Crippen LogP contribution >= 0.6 is 11.3 Å². The number of rotatable bonds is 7. The third-order valence-corrected chi connectivity index (χ3v) is 8.78. The number of hydrogen-bond acceptors (Lipinski definition) is 7. The van der Waals surface area contributed by atoms with Gasteiger partial charge in [0.05, 0.1) is 13.1 Å². The number of methoxy groups -OCH3 is 1. The van der Waals surface area contributed by atoms with Crippen LogP contribution in [0.15, 0.2) is 14.5 Å². The van der Waals surface area contributed by atoms with E-state index in [0.29, 0.717) is 24.4 Å². The van der Waals surface area contributed by atoms with Crippen LogP contribution in [0.3, 0.4) is 0 Å². The van der Waals surface area contributed by atoms with Gasteiger partial charge in [-0.2, -0.15) is 4.31 Å². The Kier molecular flexibility index (Phi) is 6.03. The Morgan fingerprint density at radius 3 is 2.75 bits per heavy atom. The first-order valence-electron chi connectivity index (χ1n) is 7.31. The lowest BCUT2D eigenvalue weighted by Crippen LogP contribution is -3.08. The van der Waals surface area contributed by atoms with Gasteiger partial charge in [0.25, 0.3) is 10.0 Å². The van der Waals surface area contributed by atoms with Crippen molar-refractivity contribution in [2.75, 3.05) is 33.4 Å². The highest BCUT2D eigenvalue weighted by molar-refractivity contribution is 7.94. The van der Waals surface area contributed by atoms with Crippen molar-refractivity contribution in [2.24, 2.45) is 5.14 Å². The van der Waals surface area contributed by atoms with Gasteiger partial charge in [-0.05, 0) is 19.4 Å². The van der Waals surface area contributed by atoms with Gasteiger partial charge in [-0.15, -0.1) is 11.3 Å². The lowest BCUT2D eigenvalue weighted by atomic mass is 10.1. The molecule has 2 atom stereocenters. The largest absolute Gasteiger partial charge is 0.634 e. The molecule has 0 aromatic carbocycles. The molecule has 0 spiro atoms. The van der Waals surface area contributed by atoms with Crippen molar-refractivity contribution in [3.63, 3.8) is 0 Å². The summed E-state index contributed by atoms with van der Waals surface area (Å²) in [6.07, 6.45) is 0.478. The van der Waals surface area contributed by atoms with E-state index in [9.17, 15) is 22.0 Å². The molecule has 0 bridgehead atoms. The molecular weight excluding hydrogens is 378 g/mol. The van der Waals surface area contributed by atoms with E-state index in [1.165, 1.54) is 17.5 Å². The van der Waals surface area contributed by atoms with Crippen molar-refractivity contribution in [3.05, 3.63) is 16.8 Å². The normalized spacial score (nSPS) is 22.2. The monoisotopic (exact) mass is 399 g/mol. The summed E-state index contributed by atoms with van der Waals surface area (Å²) in [6.45, 7) is 2.51. The highest BCUT2D eigenvalue weighted by atomic mass is 32.3. The molecule has 3 N–H and O–H groups in total. The van der Waals surface area contributed by atoms with Crippen LogP contribution in [0.5, 0.6) is 0 Å². The summed E-state index contributed by atoms with van der Waals surface area (Å²) < 4.78 is 54.4. The lowest BCUT2D eigenvalue weighted by molar-refractivity contribution is -0.879. The second kappa shape index (κ2) is 7.33. The van der Waals surface area contributed by atoms with Gasteiger partial charge in [0, 0.05) is 25.8 Å². The minimum atomic E-state index is -4.04. The highest BCUT2D eigenvalue weighted by Gasteiger charge is 2.42. The van der Waals surface area contributed by atoms with Crippen molar-refractivity contribution < 1.29 is 26.6 Å². The Morgan fingerprint density at radius 1 is 1.54 bits per heavy atom. The third-order valence-electron chi connectivity index (χ3n) is 3.81. The molecular formula is C12H21N3O6S3. The van der Waals surface area contributed by atoms with Gasteiger partial charge in [0.2, 0.25) is 10.0 Å². The predicted molar refractivity (Wildman–Crippen MR) is 88.6 cm³/mol. The first kappa shape index (κ1) is 19.7. The average molecular weight is 400 g/mol. The fourth-order valence-corrected chi connectivity index (χ4v) is 6.89. The molecule has 138 valence electrons. The predicted octanol–water partition coefficient (Wildman–Crippen LogP) is -1.12. The van der Waals surface area contributed by atoms with E-state index in [4.69, 9.17) is 9.88 Å². The Labute approximate surface area is 145 Å². The van der Waals surface area contributed by atoms with Crippen LogP contribution < -0.4 is 10.2 Å². The number of quaternary nitrogens is 1. The Hall–Kier alpha value is -0.600. The molecule has 9 nitrogen and oxygen atoms in total. The standard InChI is InChI=1S/C12H21N3O6S3/c1-3-15(16)10-8-14(5-4-6-21-2)24(19,20)12-9(10)7-11(22-12)23(13,17)18/h7,10,15H,3-6,8H2,1-2H3,(H2,13,17,18)/t10-/m0/s1. The van der Waals surface area contributed by atoms with E-state index in [0.717, 1.165) is 0 Å². The molecule has 0 saturated carbocycles. The number of ether oxygens (including phenoxy) is 1. The summed E-state index contributed by atoms with van der Waals surface area (Å²) in [5.41, 5.74) is 0.235. The number of hydroxylamine groups is 2. The molecule has 0 saturated heterocycles. The first-order chi connectivity index (χ1) is 11.1. The SMILES string of the molecule is CC[NH+]([O-])[C@H]1CN(CCCOC)S(=O)(=O)c2sc(S(N)(=O)=O)cc21. The third kappa shape index (κ3) is 3.80. The topological polar surface area (TPSA) is 134 Å². The van der Waals surface area contributed by atoms with Crippen LogP contribution in [0.25, 0.3) is 0 Å². The number of primary sulfonamides is 1. The number of nitrogens with two attached hydrogens (primary N) is 1. The van der Waals surface area contributed by atoms with Crippen LogP contribution in [0.1, 0.15) is 24.9 Å². The second-order valence-corrected chi connectivity index (χ2v) is 10.4. The maximum atomic E-state index is 12.7. The maximum Gasteiger partial charge on any atom is 0.253 e. The number of nitrogens with one attached hydrogen (secondary N) is 1. The molecule has 24 heavy (non-hydrogen) atoms. The summed E-state index contributed by atoms with van der Waals surface area (Å²) in [5, 5.41) is 17.2. The molecule has 1 aromatic heterocycles. The number of nitrogens with zero attached hydrogens (tertiary/aromatic N) is 1. The van der Waals surface area contributed by atoms with Crippen LogP contribution in [0.2, 0.25) is 0 Å². The summed E-state index contributed by atoms with van der Waals surface area (Å²) in [6, 6.07) is 0.542. The zero-order chi connectivity index (χ0) is 18.1. The fourth-order valence-electron chi connectivity index (χ4n) is 2.59. The van der Waals surface area contributed by atoms with Crippen LogP contribution in [0, 0.1) is 5.21 Å². The fraction of sp³-hybridized carbons (Fsp3) is 0.667. The molecule has 1 aliphatic heterocycles. The maximum absolute atomic E-state index is 12.7. The minimum absolute atomic E-state index is 0.00646. The Morgan fingerprint density at radius 2 is 2.21 bits per heavy atom. The van der Waals surface area contributed by atoms with E-state index >= 15 is 0 Å². The van der Waals surface area contributed by atoms with E-state index in [2.05, 4.69) is 0 Å². The second-order valence-electron chi connectivity index (χ2n) is 5.44. The summed E-state index contributed by atoms with van der Waals surface area (Å²) in [4.78, 5) is 0. The zero-order valence-electron chi connectivity index (χ0n) is 13.4. The van der Waals surface area contributed by atoms with Gasteiger partial charge in [-0.1, -0.05) is 0 Å². The highest BCUT2D eigenvalue weighted by Crippen LogP contribution is 2.38. The van der Waals surface area contributed by atoms with Crippen LogP contribution in [-0.2, 0) is 24.8 Å². The van der Waals surface area contributed by atoms with E-state index in [-0.39, 0.29) is 38.7 Å². The van der Waals surface area contributed by atoms with Gasteiger partial charge in [0.15, 0.2) is 0 Å². The van der Waals surface area contributed by atoms with Gasteiger partial charge >= 0.3 is 0 Å². The van der Waals surface area contributed by atoms with E-state index in [1.807, 2.05) is 0 Å². The molecule has 0 amide bonds. The molecule has 0 aliphatic carbocycles. The number of hydrogen-bond donors (Lipinski definition) is 2. The van der Waals surface area contributed by atoms with Crippen molar-refractivity contribution in [1.82, 2.24) is 4.31 Å². The van der Waals surface area contributed by atoms with Gasteiger partial charge in [-0.3, -0.25) is 0 Å². The van der Waals surface area contributed by atoms with Crippen LogP contribution in [-0.4, -0.2) is 54.5 Å². The minimum Gasteiger partial charge on any atom is -0.634 e. The van der Waals surface area contributed by atoms with Gasteiger partial charge in [0.1, 0.15) is 14.5 Å². The van der Waals surface area contributed by atoms with Crippen molar-refractivity contribution in [2.45, 2.75) is 27.8 Å². The summed E-state index contributed by atoms with van der Waals surface area (Å²) in [7, 11) is -6.37.